The molecule has 0 radical (unpaired) electrons. The number of fused-ring (bicyclic) bond motifs is 1. The van der Waals surface area contributed by atoms with Crippen molar-refractivity contribution < 1.29 is 14.6 Å². The molecule has 1 N–H and O–H groups in total. The van der Waals surface area contributed by atoms with E-state index in [2.05, 4.69) is 9.97 Å². The molecule has 0 aliphatic heterocycles. The molecule has 0 bridgehead atoms. The summed E-state index contributed by atoms with van der Waals surface area (Å²) in [5, 5.41) is 9.92. The SMILES string of the molecule is O=C(O)c1cc(COc2cccc3cccnc23)ccn1. The summed E-state index contributed by atoms with van der Waals surface area (Å²) < 4.78 is 5.76. The van der Waals surface area contributed by atoms with Crippen LogP contribution in [0.15, 0.2) is 54.9 Å². The van der Waals surface area contributed by atoms with E-state index in [0.717, 1.165) is 16.5 Å². The van der Waals surface area contributed by atoms with Crippen LogP contribution in [0.3, 0.4) is 0 Å². The van der Waals surface area contributed by atoms with E-state index in [1.54, 1.807) is 12.3 Å². The standard InChI is InChI=1S/C16H12N2O3/c19-16(20)13-9-11(6-8-17-13)10-21-14-5-1-3-12-4-2-7-18-15(12)14/h1-9H,10H2,(H,19,20). The maximum absolute atomic E-state index is 10.9. The van der Waals surface area contributed by atoms with E-state index in [9.17, 15) is 4.79 Å². The Morgan fingerprint density at radius 3 is 2.81 bits per heavy atom. The van der Waals surface area contributed by atoms with Crippen molar-refractivity contribution in [3.63, 3.8) is 0 Å². The number of aromatic nitrogens is 2. The van der Waals surface area contributed by atoms with Gasteiger partial charge in [0.1, 0.15) is 23.6 Å². The van der Waals surface area contributed by atoms with Crippen molar-refractivity contribution >= 4 is 16.9 Å². The van der Waals surface area contributed by atoms with Gasteiger partial charge in [-0.05, 0) is 29.8 Å². The highest BCUT2D eigenvalue weighted by Gasteiger charge is 2.07. The average Bonchev–Trinajstić information content (AvgIpc) is 2.53. The second-order valence-electron chi connectivity index (χ2n) is 4.47. The minimum atomic E-state index is -1.05. The maximum Gasteiger partial charge on any atom is 0.354 e. The van der Waals surface area contributed by atoms with Crippen molar-refractivity contribution in [2.75, 3.05) is 0 Å². The highest BCUT2D eigenvalue weighted by molar-refractivity contribution is 5.85. The fourth-order valence-electron chi connectivity index (χ4n) is 2.03. The van der Waals surface area contributed by atoms with E-state index in [1.165, 1.54) is 12.3 Å². The minimum Gasteiger partial charge on any atom is -0.487 e. The number of carbonyl (C=O) groups is 1. The van der Waals surface area contributed by atoms with Crippen LogP contribution in [0.4, 0.5) is 0 Å². The number of benzene rings is 1. The number of rotatable bonds is 4. The molecule has 0 atom stereocenters. The number of hydrogen-bond acceptors (Lipinski definition) is 4. The molecule has 5 nitrogen and oxygen atoms in total. The minimum absolute atomic E-state index is 0.00662. The molecule has 0 aliphatic carbocycles. The molecule has 0 unspecified atom stereocenters. The number of aromatic carboxylic acids is 1. The van der Waals surface area contributed by atoms with Crippen LogP contribution in [0.2, 0.25) is 0 Å². The Hall–Kier alpha value is -2.95. The molecule has 3 rings (SSSR count). The molecule has 0 amide bonds. The predicted molar refractivity (Wildman–Crippen MR) is 77.3 cm³/mol. The van der Waals surface area contributed by atoms with Gasteiger partial charge in [0.2, 0.25) is 0 Å². The Kier molecular flexibility index (Phi) is 3.47. The summed E-state index contributed by atoms with van der Waals surface area (Å²) in [5.74, 6) is -0.384. The fourth-order valence-corrected chi connectivity index (χ4v) is 2.03. The summed E-state index contributed by atoms with van der Waals surface area (Å²) in [7, 11) is 0. The number of hydrogen-bond donors (Lipinski definition) is 1. The first-order valence-electron chi connectivity index (χ1n) is 6.39. The molecule has 0 spiro atoms. The lowest BCUT2D eigenvalue weighted by Gasteiger charge is -2.08. The van der Waals surface area contributed by atoms with E-state index >= 15 is 0 Å². The van der Waals surface area contributed by atoms with Crippen LogP contribution in [0.1, 0.15) is 16.1 Å². The molecule has 0 saturated heterocycles. The number of pyridine rings is 2. The molecule has 21 heavy (non-hydrogen) atoms. The maximum atomic E-state index is 10.9. The molecule has 1 aromatic carbocycles. The van der Waals surface area contributed by atoms with Gasteiger partial charge in [0, 0.05) is 17.8 Å². The van der Waals surface area contributed by atoms with Gasteiger partial charge in [-0.1, -0.05) is 18.2 Å². The molecule has 2 heterocycles. The Morgan fingerprint density at radius 2 is 1.95 bits per heavy atom. The zero-order valence-electron chi connectivity index (χ0n) is 11.1. The third-order valence-electron chi connectivity index (χ3n) is 3.03. The molecule has 5 heteroatoms. The van der Waals surface area contributed by atoms with Gasteiger partial charge in [0.15, 0.2) is 0 Å². The quantitative estimate of drug-likeness (QED) is 0.795. The molecular weight excluding hydrogens is 268 g/mol. The van der Waals surface area contributed by atoms with Gasteiger partial charge < -0.3 is 9.84 Å². The van der Waals surface area contributed by atoms with Gasteiger partial charge >= 0.3 is 5.97 Å². The zero-order chi connectivity index (χ0) is 14.7. The van der Waals surface area contributed by atoms with Crippen LogP contribution in [-0.2, 0) is 6.61 Å². The largest absolute Gasteiger partial charge is 0.487 e. The van der Waals surface area contributed by atoms with Crippen molar-refractivity contribution in [2.24, 2.45) is 0 Å². The molecule has 0 fully saturated rings. The molecule has 104 valence electrons. The first kappa shape index (κ1) is 13.1. The second-order valence-corrected chi connectivity index (χ2v) is 4.47. The summed E-state index contributed by atoms with van der Waals surface area (Å²) in [6.45, 7) is 0.262. The van der Waals surface area contributed by atoms with Crippen molar-refractivity contribution in [1.29, 1.82) is 0 Å². The van der Waals surface area contributed by atoms with Crippen LogP contribution in [0.25, 0.3) is 10.9 Å². The van der Waals surface area contributed by atoms with Gasteiger partial charge in [-0.2, -0.15) is 0 Å². The highest BCUT2D eigenvalue weighted by atomic mass is 16.5. The van der Waals surface area contributed by atoms with E-state index in [-0.39, 0.29) is 12.3 Å². The normalized spacial score (nSPS) is 10.5. The smallest absolute Gasteiger partial charge is 0.354 e. The van der Waals surface area contributed by atoms with Crippen molar-refractivity contribution in [3.05, 3.63) is 66.1 Å². The average molecular weight is 280 g/mol. The number of carboxylic acid groups (broad SMARTS) is 1. The number of para-hydroxylation sites is 1. The third kappa shape index (κ3) is 2.81. The summed E-state index contributed by atoms with van der Waals surface area (Å²) in [5.41, 5.74) is 1.54. The van der Waals surface area contributed by atoms with Crippen molar-refractivity contribution in [1.82, 2.24) is 9.97 Å². The summed E-state index contributed by atoms with van der Waals surface area (Å²) in [6, 6.07) is 12.8. The van der Waals surface area contributed by atoms with E-state index in [1.807, 2.05) is 30.3 Å². The molecule has 0 aliphatic rings. The Bertz CT molecular complexity index is 797. The van der Waals surface area contributed by atoms with E-state index < -0.39 is 5.97 Å². The van der Waals surface area contributed by atoms with Crippen LogP contribution in [0.5, 0.6) is 5.75 Å². The van der Waals surface area contributed by atoms with Crippen molar-refractivity contribution in [2.45, 2.75) is 6.61 Å². The zero-order valence-corrected chi connectivity index (χ0v) is 11.1. The monoisotopic (exact) mass is 280 g/mol. The molecule has 2 aromatic heterocycles. The van der Waals surface area contributed by atoms with Crippen molar-refractivity contribution in [3.8, 4) is 5.75 Å². The molecule has 3 aromatic rings. The van der Waals surface area contributed by atoms with Gasteiger partial charge in [0.25, 0.3) is 0 Å². The fraction of sp³-hybridized carbons (Fsp3) is 0.0625. The summed E-state index contributed by atoms with van der Waals surface area (Å²) in [6.07, 6.45) is 3.17. The Labute approximate surface area is 120 Å². The number of nitrogens with zero attached hydrogens (tertiary/aromatic N) is 2. The predicted octanol–water partition coefficient (Wildman–Crippen LogP) is 2.91. The number of ether oxygens (including phenoxy) is 1. The molecule has 0 saturated carbocycles. The highest BCUT2D eigenvalue weighted by Crippen LogP contribution is 2.23. The topological polar surface area (TPSA) is 72.3 Å². The van der Waals surface area contributed by atoms with Crippen LogP contribution in [-0.4, -0.2) is 21.0 Å². The van der Waals surface area contributed by atoms with E-state index in [0.29, 0.717) is 5.75 Å². The van der Waals surface area contributed by atoms with Gasteiger partial charge in [0.05, 0.1) is 0 Å². The van der Waals surface area contributed by atoms with Gasteiger partial charge in [-0.15, -0.1) is 0 Å². The first-order chi connectivity index (χ1) is 10.2. The lowest BCUT2D eigenvalue weighted by atomic mass is 10.2. The third-order valence-corrected chi connectivity index (χ3v) is 3.03. The van der Waals surface area contributed by atoms with E-state index in [4.69, 9.17) is 9.84 Å². The lowest BCUT2D eigenvalue weighted by Crippen LogP contribution is -2.03. The summed E-state index contributed by atoms with van der Waals surface area (Å²) >= 11 is 0. The Morgan fingerprint density at radius 1 is 1.10 bits per heavy atom. The van der Waals surface area contributed by atoms with Crippen LogP contribution >= 0.6 is 0 Å². The first-order valence-corrected chi connectivity index (χ1v) is 6.39. The van der Waals surface area contributed by atoms with Crippen LogP contribution < -0.4 is 4.74 Å². The van der Waals surface area contributed by atoms with Gasteiger partial charge in [-0.25, -0.2) is 9.78 Å². The van der Waals surface area contributed by atoms with Crippen LogP contribution in [0, 0.1) is 0 Å². The molecular formula is C16H12N2O3. The van der Waals surface area contributed by atoms with Gasteiger partial charge in [-0.3, -0.25) is 4.98 Å². The Balaban J connectivity index is 1.84. The summed E-state index contributed by atoms with van der Waals surface area (Å²) in [4.78, 5) is 19.0. The number of carboxylic acids is 1. The lowest BCUT2D eigenvalue weighted by molar-refractivity contribution is 0.0690. The second kappa shape index (κ2) is 5.58.